The van der Waals surface area contributed by atoms with Crippen LogP contribution in [0.25, 0.3) is 5.69 Å². The molecule has 0 spiro atoms. The highest BCUT2D eigenvalue weighted by Gasteiger charge is 2.13. The molecule has 1 aromatic carbocycles. The Kier molecular flexibility index (Phi) is 6.28. The Hall–Kier alpha value is -1.99. The van der Waals surface area contributed by atoms with E-state index in [1.165, 1.54) is 0 Å². The van der Waals surface area contributed by atoms with Crippen molar-refractivity contribution in [3.63, 3.8) is 0 Å². The lowest BCUT2D eigenvalue weighted by atomic mass is 10.2. The highest BCUT2D eigenvalue weighted by molar-refractivity contribution is 7.71. The summed E-state index contributed by atoms with van der Waals surface area (Å²) in [5, 5.41) is 7.41. The number of nitrogens with zero attached hydrogens (tertiary/aromatic N) is 4. The minimum Gasteiger partial charge on any atom is -0.355 e. The van der Waals surface area contributed by atoms with Gasteiger partial charge in [-0.05, 0) is 51.2 Å². The Bertz CT molecular complexity index is 765. The lowest BCUT2D eigenvalue weighted by Gasteiger charge is -2.16. The van der Waals surface area contributed by atoms with Gasteiger partial charge in [-0.25, -0.2) is 4.68 Å². The molecule has 2 aromatic rings. The SMILES string of the molecule is CCCNC(=O)CN(C)Cn1nc(C)n(-c2ccccc2C)c1=S. The maximum Gasteiger partial charge on any atom is 0.234 e. The number of carbonyl (C=O) groups is 1. The molecule has 0 aliphatic rings. The van der Waals surface area contributed by atoms with E-state index in [4.69, 9.17) is 12.2 Å². The molecule has 130 valence electrons. The fourth-order valence-electron chi connectivity index (χ4n) is 2.54. The van der Waals surface area contributed by atoms with Gasteiger partial charge in [-0.3, -0.25) is 14.3 Å². The Morgan fingerprint density at radius 1 is 1.33 bits per heavy atom. The second-order valence-electron chi connectivity index (χ2n) is 5.96. The first-order valence-corrected chi connectivity index (χ1v) is 8.52. The van der Waals surface area contributed by atoms with E-state index in [9.17, 15) is 4.79 Å². The number of aromatic nitrogens is 3. The Balaban J connectivity index is 2.16. The van der Waals surface area contributed by atoms with E-state index >= 15 is 0 Å². The molecule has 1 amide bonds. The van der Waals surface area contributed by atoms with E-state index in [0.717, 1.165) is 23.5 Å². The number of carbonyl (C=O) groups excluding carboxylic acids is 1. The molecule has 0 aliphatic carbocycles. The number of benzene rings is 1. The monoisotopic (exact) mass is 347 g/mol. The van der Waals surface area contributed by atoms with Crippen molar-refractivity contribution in [3.8, 4) is 5.69 Å². The van der Waals surface area contributed by atoms with Gasteiger partial charge in [0.15, 0.2) is 0 Å². The van der Waals surface area contributed by atoms with Crippen molar-refractivity contribution in [2.75, 3.05) is 20.1 Å². The van der Waals surface area contributed by atoms with Gasteiger partial charge in [0.2, 0.25) is 10.7 Å². The molecule has 0 fully saturated rings. The van der Waals surface area contributed by atoms with Crippen LogP contribution in [0.4, 0.5) is 0 Å². The Morgan fingerprint density at radius 2 is 2.04 bits per heavy atom. The average Bonchev–Trinajstić information content (AvgIpc) is 2.80. The molecular formula is C17H25N5OS. The van der Waals surface area contributed by atoms with Gasteiger partial charge >= 0.3 is 0 Å². The van der Waals surface area contributed by atoms with E-state index in [2.05, 4.69) is 23.4 Å². The van der Waals surface area contributed by atoms with Gasteiger partial charge in [0.25, 0.3) is 0 Å². The zero-order valence-corrected chi connectivity index (χ0v) is 15.6. The predicted molar refractivity (Wildman–Crippen MR) is 97.8 cm³/mol. The number of aryl methyl sites for hydroxylation is 2. The lowest BCUT2D eigenvalue weighted by molar-refractivity contribution is -0.122. The van der Waals surface area contributed by atoms with E-state index in [-0.39, 0.29) is 5.91 Å². The largest absolute Gasteiger partial charge is 0.355 e. The topological polar surface area (TPSA) is 55.1 Å². The summed E-state index contributed by atoms with van der Waals surface area (Å²) in [7, 11) is 1.88. The summed E-state index contributed by atoms with van der Waals surface area (Å²) in [5.74, 6) is 0.846. The van der Waals surface area contributed by atoms with Crippen LogP contribution >= 0.6 is 12.2 Å². The van der Waals surface area contributed by atoms with E-state index in [1.807, 2.05) is 48.6 Å². The zero-order chi connectivity index (χ0) is 17.7. The maximum absolute atomic E-state index is 11.8. The third-order valence-corrected chi connectivity index (χ3v) is 4.11. The van der Waals surface area contributed by atoms with Crippen molar-refractivity contribution >= 4 is 18.1 Å². The quantitative estimate of drug-likeness (QED) is 0.782. The standard InChI is InChI=1S/C17H25N5OS/c1-5-10-18-16(23)11-20(4)12-21-17(24)22(14(3)19-21)15-9-7-6-8-13(15)2/h6-9H,5,10-12H2,1-4H3,(H,18,23). The first kappa shape index (κ1) is 18.4. The number of hydrogen-bond acceptors (Lipinski definition) is 4. The summed E-state index contributed by atoms with van der Waals surface area (Å²) >= 11 is 5.59. The summed E-state index contributed by atoms with van der Waals surface area (Å²) in [6.45, 7) is 7.51. The van der Waals surface area contributed by atoms with Gasteiger partial charge < -0.3 is 5.32 Å². The Labute approximate surface area is 148 Å². The molecule has 2 rings (SSSR count). The highest BCUT2D eigenvalue weighted by Crippen LogP contribution is 2.16. The van der Waals surface area contributed by atoms with Crippen LogP contribution in [0.3, 0.4) is 0 Å². The second-order valence-corrected chi connectivity index (χ2v) is 6.32. The number of hydrogen-bond donors (Lipinski definition) is 1. The van der Waals surface area contributed by atoms with E-state index in [1.54, 1.807) is 4.68 Å². The van der Waals surface area contributed by atoms with Crippen LogP contribution in [0.2, 0.25) is 0 Å². The molecule has 6 nitrogen and oxygen atoms in total. The fourth-order valence-corrected chi connectivity index (χ4v) is 2.87. The minimum atomic E-state index is 0.0147. The van der Waals surface area contributed by atoms with Crippen molar-refractivity contribution in [1.29, 1.82) is 0 Å². The molecule has 0 atom stereocenters. The summed E-state index contributed by atoms with van der Waals surface area (Å²) in [6, 6.07) is 8.08. The third kappa shape index (κ3) is 4.30. The van der Waals surface area contributed by atoms with Crippen molar-refractivity contribution < 1.29 is 4.79 Å². The fraction of sp³-hybridized carbons (Fsp3) is 0.471. The van der Waals surface area contributed by atoms with Crippen LogP contribution in [-0.4, -0.2) is 45.3 Å². The number of para-hydroxylation sites is 1. The first-order chi connectivity index (χ1) is 11.4. The maximum atomic E-state index is 11.8. The predicted octanol–water partition coefficient (Wildman–Crippen LogP) is 2.44. The van der Waals surface area contributed by atoms with Gasteiger partial charge in [0.1, 0.15) is 5.82 Å². The van der Waals surface area contributed by atoms with Gasteiger partial charge in [0, 0.05) is 6.54 Å². The first-order valence-electron chi connectivity index (χ1n) is 8.11. The van der Waals surface area contributed by atoms with Crippen LogP contribution in [0, 0.1) is 18.6 Å². The van der Waals surface area contributed by atoms with Crippen LogP contribution in [0.1, 0.15) is 24.7 Å². The molecule has 7 heteroatoms. The van der Waals surface area contributed by atoms with Gasteiger partial charge in [-0.1, -0.05) is 25.1 Å². The number of nitrogens with one attached hydrogen (secondary N) is 1. The number of likely N-dealkylation sites (N-methyl/N-ethyl adjacent to an activating group) is 1. The van der Waals surface area contributed by atoms with E-state index < -0.39 is 0 Å². The third-order valence-electron chi connectivity index (χ3n) is 3.72. The van der Waals surface area contributed by atoms with Crippen molar-refractivity contribution in [3.05, 3.63) is 40.4 Å². The molecule has 0 bridgehead atoms. The van der Waals surface area contributed by atoms with Crippen LogP contribution < -0.4 is 5.32 Å². The van der Waals surface area contributed by atoms with E-state index in [0.29, 0.717) is 24.5 Å². The number of amides is 1. The molecule has 1 aromatic heterocycles. The van der Waals surface area contributed by atoms with Crippen molar-refractivity contribution in [2.45, 2.75) is 33.9 Å². The molecule has 24 heavy (non-hydrogen) atoms. The van der Waals surface area contributed by atoms with Crippen LogP contribution in [0.15, 0.2) is 24.3 Å². The molecule has 0 saturated carbocycles. The zero-order valence-electron chi connectivity index (χ0n) is 14.7. The van der Waals surface area contributed by atoms with Crippen molar-refractivity contribution in [2.24, 2.45) is 0 Å². The molecule has 0 radical (unpaired) electrons. The molecule has 0 unspecified atom stereocenters. The molecule has 1 heterocycles. The van der Waals surface area contributed by atoms with Crippen molar-refractivity contribution in [1.82, 2.24) is 24.6 Å². The summed E-state index contributed by atoms with van der Waals surface area (Å²) < 4.78 is 4.35. The van der Waals surface area contributed by atoms with Gasteiger partial charge in [-0.2, -0.15) is 5.10 Å². The molecule has 1 N–H and O–H groups in total. The number of rotatable bonds is 7. The minimum absolute atomic E-state index is 0.0147. The summed E-state index contributed by atoms with van der Waals surface area (Å²) in [5.41, 5.74) is 2.18. The Morgan fingerprint density at radius 3 is 2.71 bits per heavy atom. The van der Waals surface area contributed by atoms with Gasteiger partial charge in [0.05, 0.1) is 18.9 Å². The smallest absolute Gasteiger partial charge is 0.234 e. The normalized spacial score (nSPS) is 11.0. The molecule has 0 saturated heterocycles. The van der Waals surface area contributed by atoms with Crippen LogP contribution in [-0.2, 0) is 11.5 Å². The second kappa shape index (κ2) is 8.21. The average molecular weight is 347 g/mol. The lowest BCUT2D eigenvalue weighted by Crippen LogP contribution is -2.36. The molecular weight excluding hydrogens is 322 g/mol. The summed E-state index contributed by atoms with van der Waals surface area (Å²) in [4.78, 5) is 13.7. The van der Waals surface area contributed by atoms with Gasteiger partial charge in [-0.15, -0.1) is 0 Å². The highest BCUT2D eigenvalue weighted by atomic mass is 32.1. The summed E-state index contributed by atoms with van der Waals surface area (Å²) in [6.07, 6.45) is 0.931. The van der Waals surface area contributed by atoms with Crippen LogP contribution in [0.5, 0.6) is 0 Å². The molecule has 0 aliphatic heterocycles.